The molecule has 0 bridgehead atoms. The number of nitrogens with zero attached hydrogens (tertiary/aromatic N) is 2. The highest BCUT2D eigenvalue weighted by Crippen LogP contribution is 2.35. The molecule has 7 nitrogen and oxygen atoms in total. The lowest BCUT2D eigenvalue weighted by Gasteiger charge is -2.11. The number of ether oxygens (including phenoxy) is 2. The zero-order valence-electron chi connectivity index (χ0n) is 14.3. The minimum Gasteiger partial charge on any atom is -0.497 e. The Morgan fingerprint density at radius 3 is 2.54 bits per heavy atom. The van der Waals surface area contributed by atoms with Crippen LogP contribution in [-0.2, 0) is 11.5 Å². The van der Waals surface area contributed by atoms with E-state index in [1.807, 2.05) is 22.8 Å². The number of hydrogen-bond acceptors (Lipinski definition) is 4. The number of aromatic nitrogens is 1. The second-order valence-electron chi connectivity index (χ2n) is 5.57. The summed E-state index contributed by atoms with van der Waals surface area (Å²) in [6, 6.07) is 14.6. The van der Waals surface area contributed by atoms with Crippen molar-refractivity contribution in [2.75, 3.05) is 19.5 Å². The summed E-state index contributed by atoms with van der Waals surface area (Å²) < 4.78 is 12.5. The first kappa shape index (κ1) is 17.3. The van der Waals surface area contributed by atoms with E-state index in [-0.39, 0.29) is 6.73 Å². The van der Waals surface area contributed by atoms with Crippen molar-refractivity contribution in [3.8, 4) is 23.1 Å². The fourth-order valence-electron chi connectivity index (χ4n) is 2.97. The fourth-order valence-corrected chi connectivity index (χ4v) is 2.97. The summed E-state index contributed by atoms with van der Waals surface area (Å²) in [6.45, 7) is 0.260. The molecule has 3 rings (SSSR count). The van der Waals surface area contributed by atoms with E-state index in [4.69, 9.17) is 14.6 Å². The van der Waals surface area contributed by atoms with E-state index in [0.29, 0.717) is 22.7 Å². The molecule has 0 radical (unpaired) electrons. The van der Waals surface area contributed by atoms with Crippen molar-refractivity contribution in [1.82, 2.24) is 4.57 Å². The highest BCUT2D eigenvalue weighted by molar-refractivity contribution is 5.95. The number of benzene rings is 2. The maximum absolute atomic E-state index is 10.8. The van der Waals surface area contributed by atoms with Gasteiger partial charge in [0.25, 0.3) is 0 Å². The molecule has 7 heteroatoms. The van der Waals surface area contributed by atoms with Gasteiger partial charge in [0.1, 0.15) is 18.5 Å². The Morgan fingerprint density at radius 2 is 1.96 bits per heavy atom. The van der Waals surface area contributed by atoms with Gasteiger partial charge in [0, 0.05) is 24.2 Å². The first-order valence-electron chi connectivity index (χ1n) is 7.78. The summed E-state index contributed by atoms with van der Waals surface area (Å²) in [4.78, 5) is 10.8. The third-order valence-electron chi connectivity index (χ3n) is 4.05. The molecule has 0 fully saturated rings. The lowest BCUT2D eigenvalue weighted by molar-refractivity contribution is 0.136. The summed E-state index contributed by atoms with van der Waals surface area (Å²) in [7, 11) is 3.17. The maximum atomic E-state index is 10.8. The molecule has 0 saturated heterocycles. The van der Waals surface area contributed by atoms with E-state index in [9.17, 15) is 10.1 Å². The van der Waals surface area contributed by atoms with E-state index < -0.39 is 6.09 Å². The van der Waals surface area contributed by atoms with Gasteiger partial charge >= 0.3 is 6.09 Å². The van der Waals surface area contributed by atoms with E-state index in [1.54, 1.807) is 38.5 Å². The smallest absolute Gasteiger partial charge is 0.409 e. The van der Waals surface area contributed by atoms with Crippen LogP contribution in [0.5, 0.6) is 5.75 Å². The molecule has 0 aliphatic carbocycles. The summed E-state index contributed by atoms with van der Waals surface area (Å²) in [5, 5.41) is 21.6. The number of rotatable bonds is 5. The molecule has 0 spiro atoms. The van der Waals surface area contributed by atoms with Gasteiger partial charge in [-0.2, -0.15) is 5.26 Å². The summed E-state index contributed by atoms with van der Waals surface area (Å²) >= 11 is 0. The molecule has 132 valence electrons. The van der Waals surface area contributed by atoms with Gasteiger partial charge in [-0.05, 0) is 29.8 Å². The summed E-state index contributed by atoms with van der Waals surface area (Å²) in [5.41, 5.74) is 3.30. The number of nitrogens with one attached hydrogen (secondary N) is 1. The van der Waals surface area contributed by atoms with Crippen LogP contribution in [0.1, 0.15) is 5.56 Å². The molecule has 0 aliphatic heterocycles. The standard InChI is InChI=1S/C19H17N3O4/c1-25-11-22-17-9-14(26-2)7-8-15(17)16(10-20)18(22)12-3-5-13(6-4-12)21-19(23)24/h3-9,21H,11H2,1-2H3,(H,23,24). The normalized spacial score (nSPS) is 10.5. The molecule has 1 heterocycles. The molecule has 0 aliphatic rings. The number of carbonyl (C=O) groups is 1. The third kappa shape index (κ3) is 3.06. The average Bonchev–Trinajstić information content (AvgIpc) is 2.95. The van der Waals surface area contributed by atoms with Gasteiger partial charge in [0.05, 0.1) is 23.9 Å². The van der Waals surface area contributed by atoms with Crippen LogP contribution < -0.4 is 10.1 Å². The van der Waals surface area contributed by atoms with Gasteiger partial charge < -0.3 is 19.1 Å². The molecular weight excluding hydrogens is 334 g/mol. The number of hydrogen-bond donors (Lipinski definition) is 2. The monoisotopic (exact) mass is 351 g/mol. The van der Waals surface area contributed by atoms with E-state index in [2.05, 4.69) is 11.4 Å². The number of anilines is 1. The molecule has 0 atom stereocenters. The van der Waals surface area contributed by atoms with E-state index in [1.165, 1.54) is 0 Å². The molecule has 2 N–H and O–H groups in total. The van der Waals surface area contributed by atoms with Crippen LogP contribution in [0.15, 0.2) is 42.5 Å². The van der Waals surface area contributed by atoms with Crippen molar-refractivity contribution < 1.29 is 19.4 Å². The SMILES string of the molecule is COCn1c(-c2ccc(NC(=O)O)cc2)c(C#N)c2ccc(OC)cc21. The molecule has 1 aromatic heterocycles. The Balaban J connectivity index is 2.22. The number of methoxy groups -OCH3 is 2. The maximum Gasteiger partial charge on any atom is 0.409 e. The van der Waals surface area contributed by atoms with Crippen molar-refractivity contribution in [2.45, 2.75) is 6.73 Å². The minimum absolute atomic E-state index is 0.260. The Labute approximate surface area is 150 Å². The minimum atomic E-state index is -1.13. The van der Waals surface area contributed by atoms with Gasteiger partial charge in [-0.3, -0.25) is 5.32 Å². The summed E-state index contributed by atoms with van der Waals surface area (Å²) in [6.07, 6.45) is -1.13. The number of nitriles is 1. The highest BCUT2D eigenvalue weighted by Gasteiger charge is 2.19. The molecule has 1 amide bonds. The number of fused-ring (bicyclic) bond motifs is 1. The molecule has 3 aromatic rings. The zero-order valence-corrected chi connectivity index (χ0v) is 14.3. The lowest BCUT2D eigenvalue weighted by atomic mass is 10.1. The lowest BCUT2D eigenvalue weighted by Crippen LogP contribution is -2.07. The number of amides is 1. The third-order valence-corrected chi connectivity index (χ3v) is 4.05. The predicted molar refractivity (Wildman–Crippen MR) is 97.3 cm³/mol. The average molecular weight is 351 g/mol. The first-order valence-corrected chi connectivity index (χ1v) is 7.78. The van der Waals surface area contributed by atoms with Crippen molar-refractivity contribution in [3.63, 3.8) is 0 Å². The van der Waals surface area contributed by atoms with Crippen LogP contribution in [0.2, 0.25) is 0 Å². The van der Waals surface area contributed by atoms with Gasteiger partial charge in [0.15, 0.2) is 0 Å². The van der Waals surface area contributed by atoms with Crippen LogP contribution in [0.3, 0.4) is 0 Å². The van der Waals surface area contributed by atoms with E-state index in [0.717, 1.165) is 16.5 Å². The quantitative estimate of drug-likeness (QED) is 0.727. The molecule has 0 saturated carbocycles. The second kappa shape index (κ2) is 7.17. The van der Waals surface area contributed by atoms with Crippen LogP contribution >= 0.6 is 0 Å². The largest absolute Gasteiger partial charge is 0.497 e. The van der Waals surface area contributed by atoms with Crippen LogP contribution in [-0.4, -0.2) is 30.0 Å². The highest BCUT2D eigenvalue weighted by atomic mass is 16.5. The van der Waals surface area contributed by atoms with Crippen molar-refractivity contribution in [3.05, 3.63) is 48.0 Å². The van der Waals surface area contributed by atoms with Gasteiger partial charge in [-0.1, -0.05) is 12.1 Å². The zero-order chi connectivity index (χ0) is 18.7. The number of carboxylic acid groups (broad SMARTS) is 1. The molecule has 2 aromatic carbocycles. The van der Waals surface area contributed by atoms with Gasteiger partial charge in [0.2, 0.25) is 0 Å². The van der Waals surface area contributed by atoms with Crippen LogP contribution in [0.25, 0.3) is 22.2 Å². The molecular formula is C19H17N3O4. The van der Waals surface area contributed by atoms with Crippen LogP contribution in [0, 0.1) is 11.3 Å². The van der Waals surface area contributed by atoms with Gasteiger partial charge in [-0.15, -0.1) is 0 Å². The Kier molecular flexibility index (Phi) is 4.78. The summed E-state index contributed by atoms with van der Waals surface area (Å²) in [5.74, 6) is 0.685. The Hall–Kier alpha value is -3.50. The van der Waals surface area contributed by atoms with E-state index >= 15 is 0 Å². The predicted octanol–water partition coefficient (Wildman–Crippen LogP) is 3.88. The van der Waals surface area contributed by atoms with Crippen LogP contribution in [0.4, 0.5) is 10.5 Å². The Bertz CT molecular complexity index is 1000. The molecule has 0 unspecified atom stereocenters. The van der Waals surface area contributed by atoms with Crippen molar-refractivity contribution in [2.24, 2.45) is 0 Å². The van der Waals surface area contributed by atoms with Crippen molar-refractivity contribution in [1.29, 1.82) is 5.26 Å². The topological polar surface area (TPSA) is 96.5 Å². The fraction of sp³-hybridized carbons (Fsp3) is 0.158. The van der Waals surface area contributed by atoms with Gasteiger partial charge in [-0.25, -0.2) is 4.79 Å². The Morgan fingerprint density at radius 1 is 1.23 bits per heavy atom. The first-order chi connectivity index (χ1) is 12.6. The molecule has 26 heavy (non-hydrogen) atoms. The second-order valence-corrected chi connectivity index (χ2v) is 5.57. The van der Waals surface area contributed by atoms with Crippen molar-refractivity contribution >= 4 is 22.7 Å².